The molecule has 4 rings (SSSR count). The van der Waals surface area contributed by atoms with E-state index in [1.807, 2.05) is 61.5 Å². The van der Waals surface area contributed by atoms with Crippen LogP contribution in [0.2, 0.25) is 0 Å². The summed E-state index contributed by atoms with van der Waals surface area (Å²) in [4.78, 5) is 0. The summed E-state index contributed by atoms with van der Waals surface area (Å²) in [5.41, 5.74) is 2.79. The topological polar surface area (TPSA) is 36.9 Å². The molecule has 0 amide bonds. The van der Waals surface area contributed by atoms with Gasteiger partial charge in [0.2, 0.25) is 0 Å². The molecule has 0 saturated heterocycles. The maximum atomic E-state index is 6.25. The molecule has 0 saturated carbocycles. The first-order valence-corrected chi connectivity index (χ1v) is 7.77. The van der Waals surface area contributed by atoms with Crippen LogP contribution >= 0.6 is 0 Å². The standard InChI is InChI=1S/C20H18O4/c1-13-12-15-17(22-3)7-5-9-19(15)24-20(13)11-10-14-16(21-2)6-4-8-18(14)23-20/h4-12H,1-3H3. The lowest BCUT2D eigenvalue weighted by molar-refractivity contribution is -0.0414. The van der Waals surface area contributed by atoms with Gasteiger partial charge in [-0.1, -0.05) is 12.1 Å². The van der Waals surface area contributed by atoms with E-state index >= 15 is 0 Å². The molecule has 2 aromatic rings. The quantitative estimate of drug-likeness (QED) is 0.826. The van der Waals surface area contributed by atoms with Crippen LogP contribution < -0.4 is 18.9 Å². The van der Waals surface area contributed by atoms with Gasteiger partial charge in [-0.2, -0.15) is 0 Å². The Morgan fingerprint density at radius 3 is 2.04 bits per heavy atom. The average Bonchev–Trinajstić information content (AvgIpc) is 2.61. The summed E-state index contributed by atoms with van der Waals surface area (Å²) in [5.74, 6) is 2.08. The van der Waals surface area contributed by atoms with Crippen LogP contribution in [0.4, 0.5) is 0 Å². The third kappa shape index (κ3) is 2.07. The zero-order chi connectivity index (χ0) is 16.7. The van der Waals surface area contributed by atoms with Gasteiger partial charge in [-0.3, -0.25) is 0 Å². The largest absolute Gasteiger partial charge is 0.496 e. The average molecular weight is 322 g/mol. The van der Waals surface area contributed by atoms with Crippen molar-refractivity contribution >= 4 is 12.2 Å². The highest BCUT2D eigenvalue weighted by Gasteiger charge is 2.41. The maximum Gasteiger partial charge on any atom is 0.294 e. The lowest BCUT2D eigenvalue weighted by atomic mass is 9.96. The van der Waals surface area contributed by atoms with Crippen molar-refractivity contribution in [3.05, 3.63) is 59.2 Å². The molecule has 2 aliphatic rings. The predicted octanol–water partition coefficient (Wildman–Crippen LogP) is 4.30. The molecule has 0 aliphatic carbocycles. The summed E-state index contributed by atoms with van der Waals surface area (Å²) in [5, 5.41) is 0. The fourth-order valence-corrected chi connectivity index (χ4v) is 3.11. The summed E-state index contributed by atoms with van der Waals surface area (Å²) in [7, 11) is 3.31. The number of methoxy groups -OCH3 is 2. The molecule has 0 radical (unpaired) electrons. The van der Waals surface area contributed by atoms with Crippen LogP contribution in [0.1, 0.15) is 18.1 Å². The van der Waals surface area contributed by atoms with Crippen LogP contribution in [0, 0.1) is 0 Å². The third-order valence-corrected chi connectivity index (χ3v) is 4.40. The molecule has 4 heteroatoms. The van der Waals surface area contributed by atoms with Crippen molar-refractivity contribution in [3.8, 4) is 23.0 Å². The zero-order valence-electron chi connectivity index (χ0n) is 13.8. The van der Waals surface area contributed by atoms with Crippen molar-refractivity contribution in [3.63, 3.8) is 0 Å². The smallest absolute Gasteiger partial charge is 0.294 e. The molecular formula is C20H18O4. The molecule has 24 heavy (non-hydrogen) atoms. The summed E-state index contributed by atoms with van der Waals surface area (Å²) < 4.78 is 23.3. The Hall–Kier alpha value is -2.88. The number of benzene rings is 2. The van der Waals surface area contributed by atoms with Crippen LogP contribution in [0.3, 0.4) is 0 Å². The second-order valence-electron chi connectivity index (χ2n) is 5.78. The number of ether oxygens (including phenoxy) is 4. The second kappa shape index (κ2) is 5.34. The SMILES string of the molecule is COc1cccc2c1C=CC1(O2)Oc2cccc(OC)c2C=C1C. The molecule has 1 atom stereocenters. The van der Waals surface area contributed by atoms with Crippen LogP contribution in [0.5, 0.6) is 23.0 Å². The van der Waals surface area contributed by atoms with Gasteiger partial charge in [0.1, 0.15) is 23.0 Å². The Labute approximate surface area is 140 Å². The third-order valence-electron chi connectivity index (χ3n) is 4.40. The van der Waals surface area contributed by atoms with Gasteiger partial charge < -0.3 is 18.9 Å². The summed E-state index contributed by atoms with van der Waals surface area (Å²) in [6.07, 6.45) is 5.96. The molecule has 0 bridgehead atoms. The van der Waals surface area contributed by atoms with E-state index in [1.165, 1.54) is 0 Å². The highest BCUT2D eigenvalue weighted by atomic mass is 16.7. The minimum absolute atomic E-state index is 0.732. The Morgan fingerprint density at radius 1 is 0.833 bits per heavy atom. The first-order chi connectivity index (χ1) is 11.7. The molecule has 1 unspecified atom stereocenters. The monoisotopic (exact) mass is 322 g/mol. The second-order valence-corrected chi connectivity index (χ2v) is 5.78. The highest BCUT2D eigenvalue weighted by Crippen LogP contribution is 2.45. The fourth-order valence-electron chi connectivity index (χ4n) is 3.11. The molecule has 2 heterocycles. The molecule has 2 aliphatic heterocycles. The molecular weight excluding hydrogens is 304 g/mol. The van der Waals surface area contributed by atoms with Crippen molar-refractivity contribution in [2.24, 2.45) is 0 Å². The van der Waals surface area contributed by atoms with Crippen molar-refractivity contribution in [2.45, 2.75) is 12.7 Å². The van der Waals surface area contributed by atoms with E-state index in [9.17, 15) is 0 Å². The van der Waals surface area contributed by atoms with Gasteiger partial charge >= 0.3 is 0 Å². The minimum atomic E-state index is -0.946. The van der Waals surface area contributed by atoms with Gasteiger partial charge in [-0.05, 0) is 43.3 Å². The van der Waals surface area contributed by atoms with E-state index < -0.39 is 5.79 Å². The predicted molar refractivity (Wildman–Crippen MR) is 92.7 cm³/mol. The van der Waals surface area contributed by atoms with Crippen LogP contribution in [-0.4, -0.2) is 20.0 Å². The van der Waals surface area contributed by atoms with E-state index in [2.05, 4.69) is 0 Å². The van der Waals surface area contributed by atoms with Crippen molar-refractivity contribution in [1.82, 2.24) is 0 Å². The minimum Gasteiger partial charge on any atom is -0.496 e. The molecule has 1 spiro atoms. The highest BCUT2D eigenvalue weighted by molar-refractivity contribution is 5.73. The van der Waals surface area contributed by atoms with Gasteiger partial charge in [0.25, 0.3) is 5.79 Å². The van der Waals surface area contributed by atoms with Crippen molar-refractivity contribution in [1.29, 1.82) is 0 Å². The lowest BCUT2D eigenvalue weighted by Crippen LogP contribution is -2.44. The van der Waals surface area contributed by atoms with Gasteiger partial charge in [0, 0.05) is 11.6 Å². The normalized spacial score (nSPS) is 20.4. The van der Waals surface area contributed by atoms with Crippen LogP contribution in [-0.2, 0) is 0 Å². The van der Waals surface area contributed by atoms with E-state index in [4.69, 9.17) is 18.9 Å². The first kappa shape index (κ1) is 14.7. The lowest BCUT2D eigenvalue weighted by Gasteiger charge is -2.38. The van der Waals surface area contributed by atoms with Gasteiger partial charge in [0.05, 0.1) is 25.3 Å². The van der Waals surface area contributed by atoms with Gasteiger partial charge in [-0.15, -0.1) is 0 Å². The Bertz CT molecular complexity index is 862. The summed E-state index contributed by atoms with van der Waals surface area (Å²) >= 11 is 0. The van der Waals surface area contributed by atoms with Crippen molar-refractivity contribution in [2.75, 3.05) is 14.2 Å². The number of rotatable bonds is 2. The fraction of sp³-hybridized carbons (Fsp3) is 0.200. The summed E-state index contributed by atoms with van der Waals surface area (Å²) in [6, 6.07) is 11.5. The molecule has 2 aromatic carbocycles. The van der Waals surface area contributed by atoms with E-state index in [0.29, 0.717) is 0 Å². The van der Waals surface area contributed by atoms with Gasteiger partial charge in [0.15, 0.2) is 0 Å². The summed E-state index contributed by atoms with van der Waals surface area (Å²) in [6.45, 7) is 1.99. The Kier molecular flexibility index (Phi) is 3.27. The van der Waals surface area contributed by atoms with Crippen LogP contribution in [0.25, 0.3) is 12.2 Å². The molecule has 0 aromatic heterocycles. The number of fused-ring (bicyclic) bond motifs is 2. The molecule has 4 nitrogen and oxygen atoms in total. The van der Waals surface area contributed by atoms with Crippen LogP contribution in [0.15, 0.2) is 48.0 Å². The Balaban J connectivity index is 1.80. The maximum absolute atomic E-state index is 6.25. The van der Waals surface area contributed by atoms with E-state index in [1.54, 1.807) is 14.2 Å². The number of hydrogen-bond donors (Lipinski definition) is 0. The zero-order valence-corrected chi connectivity index (χ0v) is 13.8. The van der Waals surface area contributed by atoms with E-state index in [-0.39, 0.29) is 0 Å². The van der Waals surface area contributed by atoms with E-state index in [0.717, 1.165) is 39.7 Å². The Morgan fingerprint density at radius 2 is 1.42 bits per heavy atom. The first-order valence-electron chi connectivity index (χ1n) is 7.77. The molecule has 122 valence electrons. The van der Waals surface area contributed by atoms with Crippen molar-refractivity contribution < 1.29 is 18.9 Å². The molecule has 0 N–H and O–H groups in total. The van der Waals surface area contributed by atoms with Gasteiger partial charge in [-0.25, -0.2) is 0 Å². The molecule has 0 fully saturated rings. The number of hydrogen-bond acceptors (Lipinski definition) is 4.